The van der Waals surface area contributed by atoms with Gasteiger partial charge in [-0.15, -0.1) is 0 Å². The minimum absolute atomic E-state index is 0.703. The van der Waals surface area contributed by atoms with Crippen LogP contribution in [0.3, 0.4) is 0 Å². The van der Waals surface area contributed by atoms with Gasteiger partial charge >= 0.3 is 0 Å². The van der Waals surface area contributed by atoms with E-state index in [0.717, 1.165) is 11.8 Å². The van der Waals surface area contributed by atoms with Crippen molar-refractivity contribution in [3.63, 3.8) is 0 Å². The zero-order chi connectivity index (χ0) is 13.3. The lowest BCUT2D eigenvalue weighted by Crippen LogP contribution is -2.22. The van der Waals surface area contributed by atoms with Crippen molar-refractivity contribution in [3.8, 4) is 0 Å². The van der Waals surface area contributed by atoms with Gasteiger partial charge in [-0.1, -0.05) is 77.0 Å². The molecule has 3 saturated carbocycles. The van der Waals surface area contributed by atoms with Gasteiger partial charge in [0.2, 0.25) is 0 Å². The van der Waals surface area contributed by atoms with Gasteiger partial charge in [0.05, 0.1) is 0 Å². The van der Waals surface area contributed by atoms with E-state index in [9.17, 15) is 0 Å². The van der Waals surface area contributed by atoms with Crippen LogP contribution in [0.5, 0.6) is 0 Å². The maximum Gasteiger partial charge on any atom is 0.00450 e. The van der Waals surface area contributed by atoms with Crippen molar-refractivity contribution >= 4 is 12.6 Å². The Labute approximate surface area is 126 Å². The maximum atomic E-state index is 4.91. The number of hydrogen-bond acceptors (Lipinski definition) is 1. The van der Waals surface area contributed by atoms with Crippen LogP contribution < -0.4 is 0 Å². The van der Waals surface area contributed by atoms with E-state index in [4.69, 9.17) is 12.6 Å². The molecule has 3 aliphatic carbocycles. The largest absolute Gasteiger partial charge is 0.176 e. The van der Waals surface area contributed by atoms with Crippen LogP contribution in [0.25, 0.3) is 0 Å². The molecule has 0 aromatic heterocycles. The topological polar surface area (TPSA) is 0 Å². The van der Waals surface area contributed by atoms with Crippen molar-refractivity contribution in [2.45, 2.75) is 102 Å². The fourth-order valence-electron chi connectivity index (χ4n) is 4.12. The Balaban J connectivity index is 1.75. The van der Waals surface area contributed by atoms with Crippen molar-refractivity contribution in [2.75, 3.05) is 0 Å². The lowest BCUT2D eigenvalue weighted by atomic mass is 9.77. The van der Waals surface area contributed by atoms with E-state index in [0.29, 0.717) is 5.25 Å². The number of hydrogen-bond donors (Lipinski definition) is 1. The molecule has 19 heavy (non-hydrogen) atoms. The maximum absolute atomic E-state index is 4.91. The Morgan fingerprint density at radius 1 is 0.474 bits per heavy atom. The van der Waals surface area contributed by atoms with Crippen molar-refractivity contribution in [3.05, 3.63) is 0 Å². The first-order valence-corrected chi connectivity index (χ1v) is 9.56. The average Bonchev–Trinajstić information content (AvgIpc) is 2.44. The van der Waals surface area contributed by atoms with E-state index < -0.39 is 0 Å². The van der Waals surface area contributed by atoms with Gasteiger partial charge in [0.15, 0.2) is 0 Å². The Morgan fingerprint density at radius 2 is 0.947 bits per heavy atom. The van der Waals surface area contributed by atoms with Crippen LogP contribution in [-0.4, -0.2) is 5.25 Å². The molecule has 0 saturated heterocycles. The molecular weight excluding hydrogens is 248 g/mol. The standard InChI is InChI=1S/C18H34S/c19-18-11-9-7-5-3-1-2-4-6-8-10-16-12-14-17(18)15-13-16/h16-19H,1-15H2. The molecule has 3 fully saturated rings. The summed E-state index contributed by atoms with van der Waals surface area (Å²) in [5, 5.41) is 0.703. The minimum Gasteiger partial charge on any atom is -0.176 e. The molecule has 3 rings (SSSR count). The summed E-state index contributed by atoms with van der Waals surface area (Å²) >= 11 is 4.91. The third-order valence-electron chi connectivity index (χ3n) is 5.55. The monoisotopic (exact) mass is 282 g/mol. The Morgan fingerprint density at radius 3 is 1.53 bits per heavy atom. The van der Waals surface area contributed by atoms with Crippen LogP contribution in [0.4, 0.5) is 0 Å². The van der Waals surface area contributed by atoms with E-state index in [2.05, 4.69) is 0 Å². The second-order valence-corrected chi connectivity index (χ2v) is 7.77. The van der Waals surface area contributed by atoms with Gasteiger partial charge in [-0.25, -0.2) is 0 Å². The molecular formula is C18H34S. The summed E-state index contributed by atoms with van der Waals surface area (Å²) in [5.74, 6) is 2.00. The van der Waals surface area contributed by atoms with Crippen LogP contribution in [0.15, 0.2) is 0 Å². The lowest BCUT2D eigenvalue weighted by molar-refractivity contribution is 0.249. The van der Waals surface area contributed by atoms with E-state index in [1.54, 1.807) is 0 Å². The van der Waals surface area contributed by atoms with Crippen molar-refractivity contribution in [1.82, 2.24) is 0 Å². The van der Waals surface area contributed by atoms with Crippen molar-refractivity contribution < 1.29 is 0 Å². The average molecular weight is 283 g/mol. The summed E-state index contributed by atoms with van der Waals surface area (Å²) < 4.78 is 0. The van der Waals surface area contributed by atoms with Gasteiger partial charge in [-0.05, 0) is 31.1 Å². The highest BCUT2D eigenvalue weighted by atomic mass is 32.1. The predicted octanol–water partition coefficient (Wildman–Crippen LogP) is 6.40. The Kier molecular flexibility index (Phi) is 7.71. The third-order valence-corrected chi connectivity index (χ3v) is 6.23. The second-order valence-electron chi connectivity index (χ2n) is 7.11. The van der Waals surface area contributed by atoms with Gasteiger partial charge in [0, 0.05) is 5.25 Å². The molecule has 0 heterocycles. The molecule has 1 unspecified atom stereocenters. The number of fused-ring (bicyclic) bond motifs is 13. The highest BCUT2D eigenvalue weighted by Crippen LogP contribution is 2.36. The molecule has 0 radical (unpaired) electrons. The molecule has 3 aliphatic rings. The molecule has 112 valence electrons. The summed E-state index contributed by atoms with van der Waals surface area (Å²) in [6, 6.07) is 0. The van der Waals surface area contributed by atoms with Crippen LogP contribution in [0.1, 0.15) is 96.3 Å². The fourth-order valence-corrected chi connectivity index (χ4v) is 4.60. The second kappa shape index (κ2) is 9.32. The van der Waals surface area contributed by atoms with Gasteiger partial charge < -0.3 is 0 Å². The zero-order valence-electron chi connectivity index (χ0n) is 12.8. The summed E-state index contributed by atoms with van der Waals surface area (Å²) in [7, 11) is 0. The highest BCUT2D eigenvalue weighted by Gasteiger charge is 2.25. The Hall–Kier alpha value is 0.350. The predicted molar refractivity (Wildman–Crippen MR) is 89.0 cm³/mol. The molecule has 0 aromatic carbocycles. The number of rotatable bonds is 0. The summed E-state index contributed by atoms with van der Waals surface area (Å²) in [6.45, 7) is 0. The highest BCUT2D eigenvalue weighted by molar-refractivity contribution is 7.81. The smallest absolute Gasteiger partial charge is 0.00450 e. The molecule has 0 spiro atoms. The molecule has 2 bridgehead atoms. The van der Waals surface area contributed by atoms with Gasteiger partial charge in [0.1, 0.15) is 0 Å². The zero-order valence-corrected chi connectivity index (χ0v) is 13.7. The quantitative estimate of drug-likeness (QED) is 0.488. The molecule has 1 atom stereocenters. The van der Waals surface area contributed by atoms with Crippen LogP contribution in [-0.2, 0) is 0 Å². The van der Waals surface area contributed by atoms with Crippen molar-refractivity contribution in [2.24, 2.45) is 11.8 Å². The van der Waals surface area contributed by atoms with E-state index in [1.165, 1.54) is 96.3 Å². The van der Waals surface area contributed by atoms with Crippen molar-refractivity contribution in [1.29, 1.82) is 0 Å². The lowest BCUT2D eigenvalue weighted by Gasteiger charge is -2.32. The molecule has 0 aromatic rings. The van der Waals surface area contributed by atoms with E-state index in [1.807, 2.05) is 0 Å². The summed E-state index contributed by atoms with van der Waals surface area (Å²) in [4.78, 5) is 0. The van der Waals surface area contributed by atoms with E-state index in [-0.39, 0.29) is 0 Å². The SMILES string of the molecule is SC1CCCCCCCCCCCC2CCC1CC2. The third kappa shape index (κ3) is 6.10. The van der Waals surface area contributed by atoms with Gasteiger partial charge in [-0.3, -0.25) is 0 Å². The van der Waals surface area contributed by atoms with Crippen LogP contribution >= 0.6 is 12.6 Å². The minimum atomic E-state index is 0.703. The number of thiol groups is 1. The van der Waals surface area contributed by atoms with E-state index >= 15 is 0 Å². The summed E-state index contributed by atoms with van der Waals surface area (Å²) in [5.41, 5.74) is 0. The first kappa shape index (κ1) is 15.7. The molecule has 0 N–H and O–H groups in total. The Bertz CT molecular complexity index is 218. The van der Waals surface area contributed by atoms with Crippen LogP contribution in [0, 0.1) is 11.8 Å². The summed E-state index contributed by atoms with van der Waals surface area (Å²) in [6.07, 6.45) is 22.1. The first-order chi connectivity index (χ1) is 9.36. The molecule has 0 amide bonds. The van der Waals surface area contributed by atoms with Gasteiger partial charge in [0.25, 0.3) is 0 Å². The molecule has 1 heteroatoms. The fraction of sp³-hybridized carbons (Fsp3) is 1.00. The van der Waals surface area contributed by atoms with Crippen LogP contribution in [0.2, 0.25) is 0 Å². The van der Waals surface area contributed by atoms with Gasteiger partial charge in [-0.2, -0.15) is 12.6 Å². The molecule has 0 aliphatic heterocycles. The normalized spacial score (nSPS) is 36.2. The first-order valence-electron chi connectivity index (χ1n) is 9.04. The molecule has 0 nitrogen and oxygen atoms in total.